The number of hydrogen-bond acceptors (Lipinski definition) is 1. The second-order valence-electron chi connectivity index (χ2n) is 13.0. The lowest BCUT2D eigenvalue weighted by Crippen LogP contribution is -2.55. The Kier molecular flexibility index (Phi) is 3.64. The Morgan fingerprint density at radius 2 is 1.48 bits per heavy atom. The largest absolute Gasteiger partial charge is 0.375 e. The van der Waals surface area contributed by atoms with Crippen LogP contribution in [0.2, 0.25) is 0 Å². The first kappa shape index (κ1) is 22.1. The molecule has 0 unspecified atom stereocenters. The molecule has 4 heteroatoms. The van der Waals surface area contributed by atoms with E-state index in [1.807, 2.05) is 11.3 Å². The minimum Gasteiger partial charge on any atom is -0.375 e. The molecule has 3 aromatic heterocycles. The van der Waals surface area contributed by atoms with Gasteiger partial charge in [-0.15, -0.1) is 11.3 Å². The first-order valence-electron chi connectivity index (χ1n) is 14.9. The van der Waals surface area contributed by atoms with Gasteiger partial charge in [0.05, 0.1) is 5.52 Å². The zero-order chi connectivity index (χ0) is 27.6. The van der Waals surface area contributed by atoms with E-state index in [1.54, 1.807) is 0 Å². The highest BCUT2D eigenvalue weighted by molar-refractivity contribution is 7.25. The number of aromatic nitrogens is 2. The minimum atomic E-state index is -0.0638. The third kappa shape index (κ3) is 2.23. The maximum Gasteiger partial charge on any atom is 0.333 e. The van der Waals surface area contributed by atoms with E-state index in [4.69, 9.17) is 0 Å². The lowest BCUT2D eigenvalue weighted by molar-refractivity contribution is 0.666. The van der Waals surface area contributed by atoms with Crippen molar-refractivity contribution in [3.05, 3.63) is 114 Å². The van der Waals surface area contributed by atoms with Gasteiger partial charge in [-0.1, -0.05) is 98.8 Å². The smallest absolute Gasteiger partial charge is 0.333 e. The second-order valence-corrected chi connectivity index (χ2v) is 14.0. The highest BCUT2D eigenvalue weighted by Gasteiger charge is 2.47. The third-order valence-corrected chi connectivity index (χ3v) is 11.7. The minimum absolute atomic E-state index is 0.0638. The predicted molar refractivity (Wildman–Crippen MR) is 180 cm³/mol. The van der Waals surface area contributed by atoms with Gasteiger partial charge in [-0.05, 0) is 52.2 Å². The molecule has 0 saturated heterocycles. The van der Waals surface area contributed by atoms with Crippen LogP contribution >= 0.6 is 11.3 Å². The second kappa shape index (κ2) is 6.91. The normalized spacial score (nSPS) is 15.2. The van der Waals surface area contributed by atoms with Gasteiger partial charge in [-0.2, -0.15) is 0 Å². The summed E-state index contributed by atoms with van der Waals surface area (Å²) in [4.78, 5) is 1.36. The topological polar surface area (TPSA) is 9.86 Å². The fourth-order valence-corrected chi connectivity index (χ4v) is 10.3. The first-order valence-corrected chi connectivity index (χ1v) is 15.7. The Bertz CT molecular complexity index is 2570. The van der Waals surface area contributed by atoms with Crippen LogP contribution in [0.5, 0.6) is 0 Å². The zero-order valence-electron chi connectivity index (χ0n) is 23.6. The van der Waals surface area contributed by atoms with Gasteiger partial charge in [0.15, 0.2) is 0 Å². The summed E-state index contributed by atoms with van der Waals surface area (Å²) < 4.78 is 6.71. The Morgan fingerprint density at radius 3 is 2.40 bits per heavy atom. The number of benzene rings is 5. The van der Waals surface area contributed by atoms with Crippen molar-refractivity contribution in [2.24, 2.45) is 0 Å². The van der Waals surface area contributed by atoms with Crippen molar-refractivity contribution in [3.8, 4) is 28.1 Å². The molecule has 5 aromatic carbocycles. The SMILES string of the molecule is Cc1cc2c3c(c1)-n1c4sc5ccccc5c4c4cccc(c41)B3n1c3c(c4cccc-2c41)C(C)(C)c1ccccc1-3. The van der Waals surface area contributed by atoms with Gasteiger partial charge in [0, 0.05) is 59.7 Å². The monoisotopic (exact) mass is 552 g/mol. The number of thiophene rings is 1. The lowest BCUT2D eigenvalue weighted by Gasteiger charge is -2.34. The first-order chi connectivity index (χ1) is 20.5. The van der Waals surface area contributed by atoms with Crippen LogP contribution in [-0.4, -0.2) is 15.9 Å². The summed E-state index contributed by atoms with van der Waals surface area (Å²) in [6, 6.07) is 37.0. The molecular formula is C38H25BN2S. The average Bonchev–Trinajstić information content (AvgIpc) is 3.70. The van der Waals surface area contributed by atoms with E-state index in [-0.39, 0.29) is 12.3 Å². The maximum atomic E-state index is 2.74. The molecule has 0 spiro atoms. The summed E-state index contributed by atoms with van der Waals surface area (Å²) in [7, 11) is 0. The summed E-state index contributed by atoms with van der Waals surface area (Å²) in [5.41, 5.74) is 16.7. The standard InChI is InChI=1S/C38H25BN2S/c1-20-18-26-21-12-8-14-25-32-36(22-10-4-6-15-27(22)38(32,2)3)41(34(21)25)39-28-16-9-13-24-31-23-11-5-7-17-30(23)42-37(31)40(35(24)28)29(19-20)33(26)39/h4-19H,1-3H3. The Balaban J connectivity index is 1.40. The number of nitrogens with zero attached hydrogens (tertiary/aromatic N) is 2. The molecule has 1 aliphatic carbocycles. The number of hydrogen-bond donors (Lipinski definition) is 0. The number of para-hydroxylation sites is 2. The summed E-state index contributed by atoms with van der Waals surface area (Å²) in [6.45, 7) is 7.22. The van der Waals surface area contributed by atoms with E-state index in [9.17, 15) is 0 Å². The molecule has 0 N–H and O–H groups in total. The fourth-order valence-electron chi connectivity index (χ4n) is 9.02. The van der Waals surface area contributed by atoms with Crippen molar-refractivity contribution in [1.29, 1.82) is 0 Å². The van der Waals surface area contributed by atoms with Gasteiger partial charge in [-0.25, -0.2) is 0 Å². The van der Waals surface area contributed by atoms with Crippen molar-refractivity contribution in [2.75, 3.05) is 0 Å². The molecule has 2 nitrogen and oxygen atoms in total. The molecule has 196 valence electrons. The molecule has 0 atom stereocenters. The van der Waals surface area contributed by atoms with Gasteiger partial charge in [0.25, 0.3) is 0 Å². The van der Waals surface area contributed by atoms with E-state index in [2.05, 4.69) is 127 Å². The molecular weight excluding hydrogens is 527 g/mol. The summed E-state index contributed by atoms with van der Waals surface area (Å²) >= 11 is 1.93. The molecule has 11 rings (SSSR count). The molecule has 2 aliphatic heterocycles. The molecule has 0 saturated carbocycles. The van der Waals surface area contributed by atoms with Crippen LogP contribution in [0.3, 0.4) is 0 Å². The molecule has 0 fully saturated rings. The summed E-state index contributed by atoms with van der Waals surface area (Å²) in [5, 5.41) is 5.53. The average molecular weight is 553 g/mol. The van der Waals surface area contributed by atoms with Crippen molar-refractivity contribution in [1.82, 2.24) is 9.05 Å². The van der Waals surface area contributed by atoms with E-state index >= 15 is 0 Å². The van der Waals surface area contributed by atoms with Crippen molar-refractivity contribution < 1.29 is 0 Å². The maximum absolute atomic E-state index is 2.74. The van der Waals surface area contributed by atoms with Crippen LogP contribution in [-0.2, 0) is 5.41 Å². The van der Waals surface area contributed by atoms with E-state index in [1.165, 1.54) is 97.8 Å². The van der Waals surface area contributed by atoms with Crippen LogP contribution in [0.15, 0.2) is 97.1 Å². The van der Waals surface area contributed by atoms with Gasteiger partial charge in [-0.3, -0.25) is 0 Å². The summed E-state index contributed by atoms with van der Waals surface area (Å²) in [5.74, 6) is 0. The van der Waals surface area contributed by atoms with E-state index in [0.29, 0.717) is 0 Å². The Hall–Kier alpha value is -4.54. The van der Waals surface area contributed by atoms with Crippen molar-refractivity contribution in [2.45, 2.75) is 26.2 Å². The highest BCUT2D eigenvalue weighted by Crippen LogP contribution is 2.55. The number of aryl methyl sites for hydroxylation is 1. The zero-order valence-corrected chi connectivity index (χ0v) is 24.4. The van der Waals surface area contributed by atoms with Crippen LogP contribution in [0.25, 0.3) is 70.2 Å². The molecule has 8 aromatic rings. The van der Waals surface area contributed by atoms with E-state index < -0.39 is 0 Å². The van der Waals surface area contributed by atoms with Gasteiger partial charge in [0.2, 0.25) is 0 Å². The van der Waals surface area contributed by atoms with Crippen LogP contribution in [0.1, 0.15) is 30.5 Å². The van der Waals surface area contributed by atoms with Gasteiger partial charge < -0.3 is 9.05 Å². The quantitative estimate of drug-likeness (QED) is 0.167. The highest BCUT2D eigenvalue weighted by atomic mass is 32.1. The third-order valence-electron chi connectivity index (χ3n) is 10.5. The summed E-state index contributed by atoms with van der Waals surface area (Å²) in [6.07, 6.45) is 0. The van der Waals surface area contributed by atoms with E-state index in [0.717, 1.165) is 0 Å². The van der Waals surface area contributed by atoms with Crippen molar-refractivity contribution in [3.63, 3.8) is 0 Å². The Labute approximate surface area is 247 Å². The van der Waals surface area contributed by atoms with Crippen LogP contribution in [0.4, 0.5) is 0 Å². The molecule has 0 bridgehead atoms. The molecule has 3 aliphatic rings. The fraction of sp³-hybridized carbons (Fsp3) is 0.105. The lowest BCUT2D eigenvalue weighted by atomic mass is 9.45. The molecule has 42 heavy (non-hydrogen) atoms. The Morgan fingerprint density at radius 1 is 0.714 bits per heavy atom. The molecule has 0 radical (unpaired) electrons. The van der Waals surface area contributed by atoms with Crippen LogP contribution in [0, 0.1) is 6.92 Å². The van der Waals surface area contributed by atoms with Gasteiger partial charge >= 0.3 is 6.85 Å². The van der Waals surface area contributed by atoms with Gasteiger partial charge in [0.1, 0.15) is 4.83 Å². The van der Waals surface area contributed by atoms with Crippen molar-refractivity contribution >= 4 is 71.2 Å². The van der Waals surface area contributed by atoms with Crippen LogP contribution < -0.4 is 10.9 Å². The number of rotatable bonds is 0. The predicted octanol–water partition coefficient (Wildman–Crippen LogP) is 8.52. The molecule has 0 amide bonds. The number of fused-ring (bicyclic) bond motifs is 14. The molecule has 5 heterocycles.